The summed E-state index contributed by atoms with van der Waals surface area (Å²) < 4.78 is 241. The maximum absolute atomic E-state index is 9.57. The van der Waals surface area contributed by atoms with Gasteiger partial charge in [-0.1, -0.05) is 428 Å². The maximum Gasteiger partial charge on any atom is 0.136 e. The van der Waals surface area contributed by atoms with Crippen molar-refractivity contribution in [1.82, 2.24) is 0 Å². The van der Waals surface area contributed by atoms with E-state index in [-0.39, 0.29) is 148 Å². The molecular formula is C140H90O3. The van der Waals surface area contributed by atoms with Crippen LogP contribution in [-0.4, -0.2) is 0 Å². The largest absolute Gasteiger partial charge is 0.456 e. The first-order valence-corrected chi connectivity index (χ1v) is 47.8. The summed E-state index contributed by atoms with van der Waals surface area (Å²) in [5, 5.41) is 16.0. The number of rotatable bonds is 7. The molecule has 31 rings (SSSR count). The van der Waals surface area contributed by atoms with Crippen LogP contribution in [0.15, 0.2) is 486 Å². The van der Waals surface area contributed by atoms with E-state index in [4.69, 9.17) is 29.7 Å². The van der Waals surface area contributed by atoms with Crippen molar-refractivity contribution >= 4 is 184 Å². The van der Waals surface area contributed by atoms with Crippen molar-refractivity contribution in [1.29, 1.82) is 0 Å². The normalized spacial score (nSPS) is 15.4. The summed E-state index contributed by atoms with van der Waals surface area (Å²) in [6.45, 7) is 8.81. The van der Waals surface area contributed by atoms with Crippen LogP contribution in [0.1, 0.15) is 82.8 Å². The van der Waals surface area contributed by atoms with Crippen molar-refractivity contribution in [2.75, 3.05) is 0 Å². The molecule has 0 amide bonds. The number of fused-ring (bicyclic) bond motifs is 27. The number of benzene rings is 26. The van der Waals surface area contributed by atoms with Gasteiger partial charge in [-0.25, -0.2) is 0 Å². The Morgan fingerprint density at radius 2 is 0.455 bits per heavy atom. The van der Waals surface area contributed by atoms with E-state index in [0.29, 0.717) is 116 Å². The molecule has 0 saturated carbocycles. The average Bonchev–Trinajstić information content (AvgIpc) is 1.41. The monoisotopic (exact) mass is 1840 g/mol. The molecule has 668 valence electrons. The summed E-state index contributed by atoms with van der Waals surface area (Å²) in [4.78, 5) is 0. The molecule has 0 radical (unpaired) electrons. The molecule has 26 aromatic carbocycles. The van der Waals surface area contributed by atoms with E-state index >= 15 is 0 Å². The summed E-state index contributed by atoms with van der Waals surface area (Å²) in [5.41, 5.74) is 19.1. The zero-order valence-corrected chi connectivity index (χ0v) is 77.4. The molecular weight excluding hydrogens is 1730 g/mol. The van der Waals surface area contributed by atoms with Gasteiger partial charge in [0.15, 0.2) is 0 Å². The third-order valence-corrected chi connectivity index (χ3v) is 30.0. The summed E-state index contributed by atoms with van der Waals surface area (Å²) in [5.74, 6) is 0. The van der Waals surface area contributed by atoms with E-state index in [9.17, 15) is 16.4 Å². The van der Waals surface area contributed by atoms with Crippen LogP contribution in [0.5, 0.6) is 0 Å². The fraction of sp³-hybridized carbons (Fsp3) is 0.0429. The average molecular weight is 1840 g/mol. The Balaban J connectivity index is 0.000000114. The fourth-order valence-corrected chi connectivity index (χ4v) is 23.7. The summed E-state index contributed by atoms with van der Waals surface area (Å²) in [6.07, 6.45) is 0. The zero-order valence-electron chi connectivity index (χ0n) is 101. The van der Waals surface area contributed by atoms with Gasteiger partial charge in [0.25, 0.3) is 0 Å². The molecule has 3 heteroatoms. The first-order chi connectivity index (χ1) is 80.4. The molecule has 3 nitrogen and oxygen atoms in total. The van der Waals surface area contributed by atoms with Crippen LogP contribution in [0, 0.1) is 0 Å². The van der Waals surface area contributed by atoms with Crippen molar-refractivity contribution in [2.45, 2.75) is 38.5 Å². The minimum Gasteiger partial charge on any atom is -0.456 e. The third-order valence-electron chi connectivity index (χ3n) is 30.0. The van der Waals surface area contributed by atoms with E-state index in [0.717, 1.165) is 109 Å². The van der Waals surface area contributed by atoms with Gasteiger partial charge in [0.1, 0.15) is 33.5 Å². The van der Waals surface area contributed by atoms with Crippen LogP contribution in [0.2, 0.25) is 0 Å². The summed E-state index contributed by atoms with van der Waals surface area (Å²) in [6, 6.07) is 97.9. The highest BCUT2D eigenvalue weighted by molar-refractivity contribution is 6.32. The minimum atomic E-state index is -0.440. The Labute approximate surface area is 859 Å². The number of hydrogen-bond acceptors (Lipinski definition) is 3. The van der Waals surface area contributed by atoms with Gasteiger partial charge in [-0.05, 0) is 314 Å². The molecule has 2 aliphatic rings. The Morgan fingerprint density at radius 3 is 0.888 bits per heavy atom. The lowest BCUT2D eigenvalue weighted by molar-refractivity contribution is 0.660. The lowest BCUT2D eigenvalue weighted by Gasteiger charge is -2.22. The molecule has 29 aromatic rings. The molecule has 0 spiro atoms. The Bertz CT molecular complexity index is 11900. The molecule has 0 aliphatic heterocycles. The predicted octanol–water partition coefficient (Wildman–Crippen LogP) is 39.7. The lowest BCUT2D eigenvalue weighted by Crippen LogP contribution is -2.14. The van der Waals surface area contributed by atoms with Crippen LogP contribution in [0.4, 0.5) is 0 Å². The fourth-order valence-electron chi connectivity index (χ4n) is 23.7. The molecule has 0 N–H and O–H groups in total. The standard InChI is InChI=1S/C51H34O.C45H30O.C44H26O/c1-51(2)43-25-10-9-22-40(43)49-35(23-12-26-44(49)51)33-16-11-17-34(28-33)47-36-18-5-7-20-38(36)48(39-21-8-6-19-37(39)47)41-24-13-27-45-50(41)42-29-31-14-3-4-15-32(31)30-46(42)52-45;1-45(2)38-20-10-9-14-30(38)36-25-29(22-23-39(36)45)42-31-15-5-7-17-33(31)43(34-18-8-6-16-32(34)42)35-19-11-21-40-44(35)37-24-27-12-3-4-13-28(27)26-41(37)46-40;1-2-13-28-26-41-39(24-27(28)12-1)44-37(22-11-23-40(44)45-41)42-33-18-7-9-20-35(33)43(36-21-10-8-19-34(36)42)38-25-29-14-3-4-15-30(29)31-16-5-6-17-32(31)38/h3-30H,1-2H3;3-26H,1-2H3;1-26H/i5D,6D,7D,8D,18D,19D,20D,21D;5D,6D,7D,8D,15D,16D,17D,18D;7D,8D,9D,10D,18D,19D,20D,21D. The summed E-state index contributed by atoms with van der Waals surface area (Å²) >= 11 is 0. The zero-order chi connectivity index (χ0) is 115. The highest BCUT2D eigenvalue weighted by atomic mass is 16.3. The highest BCUT2D eigenvalue weighted by Gasteiger charge is 2.39. The second kappa shape index (κ2) is 31.8. The topological polar surface area (TPSA) is 39.4 Å². The van der Waals surface area contributed by atoms with Gasteiger partial charge in [0.05, 0.1) is 32.9 Å². The van der Waals surface area contributed by atoms with Crippen molar-refractivity contribution in [3.8, 4) is 100 Å². The Kier molecular flexibility index (Phi) is 13.6. The first kappa shape index (κ1) is 61.3. The first-order valence-electron chi connectivity index (χ1n) is 59.8. The van der Waals surface area contributed by atoms with Crippen LogP contribution in [-0.2, 0) is 10.8 Å². The van der Waals surface area contributed by atoms with Crippen molar-refractivity contribution in [2.24, 2.45) is 0 Å². The molecule has 0 unspecified atom stereocenters. The number of hydrogen-bond donors (Lipinski definition) is 0. The quantitative estimate of drug-likeness (QED) is 0.118. The van der Waals surface area contributed by atoms with Crippen LogP contribution >= 0.6 is 0 Å². The second-order valence-corrected chi connectivity index (χ2v) is 38.3. The van der Waals surface area contributed by atoms with Gasteiger partial charge in [0, 0.05) is 43.1 Å². The molecule has 143 heavy (non-hydrogen) atoms. The SMILES string of the molecule is [2H]c1c([2H])c([2H])c2c(-c3cccc4oc5cc6ccccc6cc5c34)c3c([2H])c([2H])c([2H])c([2H])c3c(-c3cc4ccccc4c4ccccc34)c2c1[2H].[2H]c1c([2H])c([2H])c2c(-c3cccc4oc5cc6ccccc6cc5c34)c3c([2H])c([2H])c([2H])c([2H])c3c(-c3ccc4c(c3)-c3ccccc3C4(C)C)c2c1[2H].[2H]c1c([2H])c([2H])c2c(-c3cccc4oc5cc6ccccc6cc5c34)c3c([2H])c([2H])c([2H])c([2H])c3c(-c3cccc(-c4cccc5c4-c4ccccc4C5(C)C)c3)c2c1[2H]. The van der Waals surface area contributed by atoms with E-state index in [1.807, 2.05) is 273 Å². The van der Waals surface area contributed by atoms with Crippen molar-refractivity contribution < 1.29 is 46.1 Å². The van der Waals surface area contributed by atoms with E-state index < -0.39 is 72.5 Å². The minimum absolute atomic E-state index is 0.165. The van der Waals surface area contributed by atoms with E-state index in [2.05, 4.69) is 76.2 Å². The second-order valence-electron chi connectivity index (χ2n) is 38.3. The van der Waals surface area contributed by atoms with Crippen LogP contribution in [0.25, 0.3) is 284 Å². The van der Waals surface area contributed by atoms with Gasteiger partial charge in [-0.2, -0.15) is 0 Å². The van der Waals surface area contributed by atoms with Crippen LogP contribution < -0.4 is 0 Å². The van der Waals surface area contributed by atoms with Gasteiger partial charge in [0.2, 0.25) is 0 Å². The lowest BCUT2D eigenvalue weighted by atomic mass is 9.81. The summed E-state index contributed by atoms with van der Waals surface area (Å²) in [7, 11) is 0. The van der Waals surface area contributed by atoms with E-state index in [1.165, 1.54) is 16.7 Å². The van der Waals surface area contributed by atoms with Gasteiger partial charge in [-0.15, -0.1) is 0 Å². The van der Waals surface area contributed by atoms with E-state index in [1.54, 1.807) is 6.07 Å². The molecule has 0 saturated heterocycles. The number of furan rings is 3. The Hall–Kier alpha value is -18.0. The third kappa shape index (κ3) is 12.5. The van der Waals surface area contributed by atoms with Gasteiger partial charge >= 0.3 is 0 Å². The maximum atomic E-state index is 9.57. The molecule has 0 atom stereocenters. The smallest absolute Gasteiger partial charge is 0.136 e. The molecule has 0 bridgehead atoms. The molecule has 2 aliphatic carbocycles. The van der Waals surface area contributed by atoms with Gasteiger partial charge in [-0.3, -0.25) is 0 Å². The van der Waals surface area contributed by atoms with Crippen molar-refractivity contribution in [3.63, 3.8) is 0 Å². The van der Waals surface area contributed by atoms with Crippen molar-refractivity contribution in [3.05, 3.63) is 495 Å². The highest BCUT2D eigenvalue weighted by Crippen LogP contribution is 2.58. The molecule has 3 aromatic heterocycles. The van der Waals surface area contributed by atoms with Gasteiger partial charge < -0.3 is 13.3 Å². The predicted molar refractivity (Wildman–Crippen MR) is 607 cm³/mol. The molecule has 0 fully saturated rings. The van der Waals surface area contributed by atoms with Crippen LogP contribution in [0.3, 0.4) is 0 Å². The Morgan fingerprint density at radius 1 is 0.161 bits per heavy atom. The molecule has 3 heterocycles.